The second-order valence-electron chi connectivity index (χ2n) is 9.75. The molecule has 1 unspecified atom stereocenters. The van der Waals surface area contributed by atoms with Crippen molar-refractivity contribution in [2.24, 2.45) is 5.73 Å². The van der Waals surface area contributed by atoms with Crippen LogP contribution in [0.4, 0.5) is 4.39 Å². The Hall–Kier alpha value is -2.87. The lowest BCUT2D eigenvalue weighted by Crippen LogP contribution is -2.57. The molecule has 4 aliphatic heterocycles. The largest absolute Gasteiger partial charge is 0.484 e. The van der Waals surface area contributed by atoms with Gasteiger partial charge in [0.15, 0.2) is 6.17 Å². The van der Waals surface area contributed by atoms with Gasteiger partial charge < -0.3 is 25.4 Å². The number of carbonyl (C=O) groups is 1. The molecule has 1 saturated carbocycles. The fraction of sp³-hybridized carbons (Fsp3) is 0.500. The van der Waals surface area contributed by atoms with Gasteiger partial charge in [0.1, 0.15) is 11.9 Å². The summed E-state index contributed by atoms with van der Waals surface area (Å²) >= 11 is 0. The molecule has 32 heavy (non-hydrogen) atoms. The van der Waals surface area contributed by atoms with Crippen LogP contribution in [0.2, 0.25) is 0 Å². The van der Waals surface area contributed by atoms with Crippen molar-refractivity contribution in [1.82, 2.24) is 15.2 Å². The summed E-state index contributed by atoms with van der Waals surface area (Å²) in [5, 5.41) is 4.51. The summed E-state index contributed by atoms with van der Waals surface area (Å²) in [6.07, 6.45) is 4.75. The molecular weight excluding hydrogens is 411 g/mol. The molecule has 1 aromatic carbocycles. The molecule has 1 aromatic heterocycles. The fourth-order valence-corrected chi connectivity index (χ4v) is 6.03. The molecule has 2 atom stereocenters. The van der Waals surface area contributed by atoms with E-state index in [4.69, 9.17) is 15.2 Å². The number of pyridine rings is 1. The van der Waals surface area contributed by atoms with E-state index >= 15 is 0 Å². The first-order valence-electron chi connectivity index (χ1n) is 11.2. The summed E-state index contributed by atoms with van der Waals surface area (Å²) < 4.78 is 25.5. The highest BCUT2D eigenvalue weighted by Crippen LogP contribution is 2.59. The Balaban J connectivity index is 1.15. The van der Waals surface area contributed by atoms with Gasteiger partial charge in [0.25, 0.3) is 5.91 Å². The number of nitrogens with two attached hydrogens (primary N) is 1. The summed E-state index contributed by atoms with van der Waals surface area (Å²) in [5.41, 5.74) is 9.75. The second kappa shape index (κ2) is 6.81. The maximum absolute atomic E-state index is 13.8. The maximum Gasteiger partial charge on any atom is 0.257 e. The fourth-order valence-electron chi connectivity index (χ4n) is 6.03. The predicted octanol–water partition coefficient (Wildman–Crippen LogP) is 2.32. The van der Waals surface area contributed by atoms with Crippen molar-refractivity contribution >= 4 is 16.8 Å². The minimum Gasteiger partial charge on any atom is -0.484 e. The molecule has 5 aliphatic rings. The Bertz CT molecular complexity index is 1140. The highest BCUT2D eigenvalue weighted by atomic mass is 19.1. The zero-order chi connectivity index (χ0) is 22.1. The van der Waals surface area contributed by atoms with Crippen LogP contribution < -0.4 is 15.8 Å². The van der Waals surface area contributed by atoms with Gasteiger partial charge in [0, 0.05) is 30.7 Å². The van der Waals surface area contributed by atoms with Gasteiger partial charge in [-0.05, 0) is 55.5 Å². The van der Waals surface area contributed by atoms with E-state index in [0.29, 0.717) is 31.9 Å². The summed E-state index contributed by atoms with van der Waals surface area (Å²) in [6.45, 7) is 3.76. The number of hydrogen-bond acceptors (Lipinski definition) is 6. The minimum absolute atomic E-state index is 0.199. The molecule has 5 heterocycles. The molecule has 1 aliphatic carbocycles. The zero-order valence-electron chi connectivity index (χ0n) is 18.1. The van der Waals surface area contributed by atoms with Crippen LogP contribution in [0.25, 0.3) is 10.9 Å². The molecular formula is C24H27FN4O3. The molecule has 3 N–H and O–H groups in total. The van der Waals surface area contributed by atoms with Crippen molar-refractivity contribution in [2.45, 2.75) is 62.6 Å². The first-order chi connectivity index (χ1) is 15.4. The number of halogens is 1. The van der Waals surface area contributed by atoms with Crippen LogP contribution >= 0.6 is 0 Å². The van der Waals surface area contributed by atoms with Crippen LogP contribution in [0.5, 0.6) is 5.75 Å². The van der Waals surface area contributed by atoms with E-state index in [-0.39, 0.29) is 23.1 Å². The van der Waals surface area contributed by atoms with Gasteiger partial charge >= 0.3 is 0 Å². The average molecular weight is 439 g/mol. The third-order valence-corrected chi connectivity index (χ3v) is 7.58. The number of ether oxygens (including phenoxy) is 2. The lowest BCUT2D eigenvalue weighted by Gasteiger charge is -2.45. The summed E-state index contributed by atoms with van der Waals surface area (Å²) in [4.78, 5) is 18.3. The summed E-state index contributed by atoms with van der Waals surface area (Å²) in [5.74, 6) is 0.379. The third kappa shape index (κ3) is 2.88. The van der Waals surface area contributed by atoms with E-state index in [1.54, 1.807) is 11.1 Å². The van der Waals surface area contributed by atoms with Crippen molar-refractivity contribution < 1.29 is 18.7 Å². The van der Waals surface area contributed by atoms with E-state index in [2.05, 4.69) is 10.3 Å². The van der Waals surface area contributed by atoms with Crippen LogP contribution in [0.15, 0.2) is 36.3 Å². The van der Waals surface area contributed by atoms with Crippen molar-refractivity contribution in [3.63, 3.8) is 0 Å². The molecule has 7 rings (SSSR count). The van der Waals surface area contributed by atoms with Gasteiger partial charge in [-0.1, -0.05) is 0 Å². The Labute approximate surface area is 185 Å². The molecule has 168 valence electrons. The standard InChI is InChI=1S/C24H27FN4O3/c1-14(20(26)9-28-23-11-24(12-23)7-19(25)22(30)29(24)13-23)32-16-2-3-21-18(6-16)17-4-5-31-10-15(17)8-27-21/h2-3,6,8-9,14,19,28H,4-5,7,10-13,26H2,1H3/b20-9-/t14-,19?,23?,24?/m1/s1. The van der Waals surface area contributed by atoms with Gasteiger partial charge in [-0.2, -0.15) is 0 Å². The number of alkyl halides is 1. The quantitative estimate of drug-likeness (QED) is 0.745. The maximum atomic E-state index is 13.8. The highest BCUT2D eigenvalue weighted by molar-refractivity contribution is 5.86. The Kier molecular flexibility index (Phi) is 4.21. The Morgan fingerprint density at radius 1 is 1.47 bits per heavy atom. The lowest BCUT2D eigenvalue weighted by atomic mass is 9.66. The zero-order valence-corrected chi connectivity index (χ0v) is 18.1. The summed E-state index contributed by atoms with van der Waals surface area (Å²) in [6, 6.07) is 5.92. The topological polar surface area (TPSA) is 89.7 Å². The van der Waals surface area contributed by atoms with Crippen LogP contribution in [-0.4, -0.2) is 52.3 Å². The third-order valence-electron chi connectivity index (χ3n) is 7.58. The molecule has 4 fully saturated rings. The van der Waals surface area contributed by atoms with Crippen LogP contribution in [0, 0.1) is 0 Å². The van der Waals surface area contributed by atoms with Crippen molar-refractivity contribution in [2.75, 3.05) is 13.2 Å². The minimum atomic E-state index is -1.34. The first kappa shape index (κ1) is 19.8. The molecule has 3 saturated heterocycles. The molecule has 2 aromatic rings. The molecule has 8 heteroatoms. The molecule has 7 nitrogen and oxygen atoms in total. The van der Waals surface area contributed by atoms with Gasteiger partial charge in [0.2, 0.25) is 0 Å². The molecule has 1 spiro atoms. The number of amides is 1. The smallest absolute Gasteiger partial charge is 0.257 e. The van der Waals surface area contributed by atoms with E-state index in [0.717, 1.165) is 41.5 Å². The van der Waals surface area contributed by atoms with Gasteiger partial charge in [-0.15, -0.1) is 0 Å². The molecule has 2 bridgehead atoms. The van der Waals surface area contributed by atoms with Crippen LogP contribution in [0.3, 0.4) is 0 Å². The van der Waals surface area contributed by atoms with E-state index < -0.39 is 6.17 Å². The van der Waals surface area contributed by atoms with E-state index in [1.165, 1.54) is 5.56 Å². The number of carbonyl (C=O) groups excluding carboxylic acids is 1. The Morgan fingerprint density at radius 2 is 2.31 bits per heavy atom. The number of rotatable bonds is 5. The Morgan fingerprint density at radius 3 is 3.12 bits per heavy atom. The normalized spacial score (nSPS) is 31.8. The number of nitrogens with zero attached hydrogens (tertiary/aromatic N) is 2. The lowest BCUT2D eigenvalue weighted by molar-refractivity contribution is -0.132. The second-order valence-corrected chi connectivity index (χ2v) is 9.75. The highest BCUT2D eigenvalue weighted by Gasteiger charge is 2.71. The van der Waals surface area contributed by atoms with Crippen molar-refractivity contribution in [3.8, 4) is 5.75 Å². The molecule has 1 amide bonds. The van der Waals surface area contributed by atoms with Crippen molar-refractivity contribution in [3.05, 3.63) is 47.4 Å². The predicted molar refractivity (Wildman–Crippen MR) is 117 cm³/mol. The first-order valence-corrected chi connectivity index (χ1v) is 11.2. The number of fused-ring (bicyclic) bond motifs is 3. The monoisotopic (exact) mass is 438 g/mol. The average Bonchev–Trinajstić information content (AvgIpc) is 3.34. The van der Waals surface area contributed by atoms with Crippen LogP contribution in [0.1, 0.15) is 37.3 Å². The number of nitrogens with one attached hydrogen (secondary N) is 1. The van der Waals surface area contributed by atoms with Gasteiger partial charge in [0.05, 0.1) is 35.5 Å². The SMILES string of the molecule is C[C@@H](Oc1ccc2ncc3c(c2c1)CCOC3)/C(N)=C/NC12CN3C(=O)C(F)CC3(C1)C2. The number of hydrogen-bond donors (Lipinski definition) is 2. The van der Waals surface area contributed by atoms with Gasteiger partial charge in [-0.3, -0.25) is 9.78 Å². The number of benzene rings is 1. The number of aromatic nitrogens is 1. The van der Waals surface area contributed by atoms with E-state index in [1.807, 2.05) is 31.3 Å². The molecule has 0 radical (unpaired) electrons. The van der Waals surface area contributed by atoms with Crippen molar-refractivity contribution in [1.29, 1.82) is 0 Å². The van der Waals surface area contributed by atoms with Gasteiger partial charge in [-0.25, -0.2) is 4.39 Å². The van der Waals surface area contributed by atoms with Crippen LogP contribution in [-0.2, 0) is 22.6 Å². The van der Waals surface area contributed by atoms with E-state index in [9.17, 15) is 9.18 Å². The summed E-state index contributed by atoms with van der Waals surface area (Å²) in [7, 11) is 0.